The number of aryl methyl sites for hydroxylation is 1. The molecule has 4 aromatic rings. The van der Waals surface area contributed by atoms with Gasteiger partial charge >= 0.3 is 0 Å². The van der Waals surface area contributed by atoms with Gasteiger partial charge in [0.2, 0.25) is 0 Å². The fourth-order valence-electron chi connectivity index (χ4n) is 2.88. The van der Waals surface area contributed by atoms with E-state index in [1.165, 1.54) is 6.33 Å². The average Bonchev–Trinajstić information content (AvgIpc) is 3.36. The van der Waals surface area contributed by atoms with Crippen LogP contribution in [0.4, 0.5) is 5.69 Å². The number of aromatic nitrogens is 6. The van der Waals surface area contributed by atoms with Gasteiger partial charge in [0.25, 0.3) is 5.91 Å². The van der Waals surface area contributed by atoms with Crippen molar-refractivity contribution < 1.29 is 4.79 Å². The maximum atomic E-state index is 12.5. The van der Waals surface area contributed by atoms with Crippen LogP contribution in [0.2, 0.25) is 0 Å². The smallest absolute Gasteiger partial charge is 0.251 e. The lowest BCUT2D eigenvalue weighted by Crippen LogP contribution is -2.23. The molecule has 3 heterocycles. The van der Waals surface area contributed by atoms with E-state index in [1.54, 1.807) is 29.7 Å². The van der Waals surface area contributed by atoms with Crippen molar-refractivity contribution in [2.75, 3.05) is 5.32 Å². The monoisotopic (exact) mass is 420 g/mol. The van der Waals surface area contributed by atoms with Crippen LogP contribution in [0.3, 0.4) is 0 Å². The maximum Gasteiger partial charge on any atom is 0.251 e. The molecule has 0 bridgehead atoms. The van der Waals surface area contributed by atoms with Crippen molar-refractivity contribution in [1.29, 1.82) is 0 Å². The molecule has 0 aliphatic rings. The predicted octanol–water partition coefficient (Wildman–Crippen LogP) is 2.58. The molecule has 1 amide bonds. The van der Waals surface area contributed by atoms with Crippen LogP contribution in [-0.4, -0.2) is 35.6 Å². The second-order valence-corrected chi connectivity index (χ2v) is 7.63. The van der Waals surface area contributed by atoms with Gasteiger partial charge in [-0.3, -0.25) is 4.79 Å². The molecular formula is C20H20N8OS. The zero-order chi connectivity index (χ0) is 20.9. The summed E-state index contributed by atoms with van der Waals surface area (Å²) in [6, 6.07) is 9.12. The van der Waals surface area contributed by atoms with Crippen molar-refractivity contribution in [1.82, 2.24) is 35.0 Å². The average molecular weight is 421 g/mol. The van der Waals surface area contributed by atoms with Gasteiger partial charge in [0.05, 0.1) is 23.8 Å². The van der Waals surface area contributed by atoms with E-state index in [0.29, 0.717) is 30.2 Å². The van der Waals surface area contributed by atoms with E-state index in [1.807, 2.05) is 42.1 Å². The van der Waals surface area contributed by atoms with Crippen LogP contribution < -0.4 is 10.6 Å². The van der Waals surface area contributed by atoms with Gasteiger partial charge in [0.15, 0.2) is 11.6 Å². The summed E-state index contributed by atoms with van der Waals surface area (Å²) in [4.78, 5) is 25.0. The van der Waals surface area contributed by atoms with Crippen molar-refractivity contribution in [3.8, 4) is 11.5 Å². The molecule has 0 spiro atoms. The second kappa shape index (κ2) is 8.78. The van der Waals surface area contributed by atoms with Gasteiger partial charge in [-0.15, -0.1) is 21.5 Å². The summed E-state index contributed by atoms with van der Waals surface area (Å²) in [5.74, 6) is 1.27. The first-order chi connectivity index (χ1) is 14.6. The second-order valence-electron chi connectivity index (χ2n) is 6.57. The summed E-state index contributed by atoms with van der Waals surface area (Å²) < 4.78 is 1.88. The Hall–Kier alpha value is -3.66. The number of anilines is 1. The Morgan fingerprint density at radius 3 is 2.87 bits per heavy atom. The summed E-state index contributed by atoms with van der Waals surface area (Å²) in [5, 5.41) is 17.6. The molecule has 0 saturated heterocycles. The first-order valence-electron chi connectivity index (χ1n) is 9.28. The third-order valence-electron chi connectivity index (χ3n) is 4.45. The number of rotatable bonds is 7. The third kappa shape index (κ3) is 4.49. The quantitative estimate of drug-likeness (QED) is 0.473. The first-order valence-corrected chi connectivity index (χ1v) is 10.2. The van der Waals surface area contributed by atoms with Gasteiger partial charge in [0, 0.05) is 29.9 Å². The molecule has 3 aromatic heterocycles. The molecule has 9 nitrogen and oxygen atoms in total. The molecule has 10 heteroatoms. The maximum absolute atomic E-state index is 12.5. The van der Waals surface area contributed by atoms with Crippen LogP contribution in [0.1, 0.15) is 26.9 Å². The van der Waals surface area contributed by atoms with Crippen LogP contribution in [-0.2, 0) is 20.1 Å². The molecule has 0 unspecified atom stereocenters. The molecule has 4 rings (SSSR count). The lowest BCUT2D eigenvalue weighted by molar-refractivity contribution is 0.0950. The lowest BCUT2D eigenvalue weighted by Gasteiger charge is -2.09. The standard InChI is InChI=1S/C20H20N8OS/c1-13-25-16(11-30-13)9-23-20(29)14-4-3-5-15(8-14)22-10-18-26-27-19(28(18)2)17-6-7-21-12-24-17/h3-8,11-12,22H,9-10H2,1-2H3,(H,23,29). The van der Waals surface area contributed by atoms with Gasteiger partial charge < -0.3 is 15.2 Å². The zero-order valence-electron chi connectivity index (χ0n) is 16.5. The Balaban J connectivity index is 1.39. The number of nitrogens with zero attached hydrogens (tertiary/aromatic N) is 6. The largest absolute Gasteiger partial charge is 0.378 e. The summed E-state index contributed by atoms with van der Waals surface area (Å²) in [6.07, 6.45) is 3.15. The number of hydrogen-bond donors (Lipinski definition) is 2. The number of nitrogens with one attached hydrogen (secondary N) is 2. The zero-order valence-corrected chi connectivity index (χ0v) is 17.3. The van der Waals surface area contributed by atoms with E-state index in [-0.39, 0.29) is 5.91 Å². The van der Waals surface area contributed by atoms with Crippen molar-refractivity contribution in [2.45, 2.75) is 20.0 Å². The van der Waals surface area contributed by atoms with E-state index in [4.69, 9.17) is 0 Å². The SMILES string of the molecule is Cc1nc(CNC(=O)c2cccc(NCc3nnc(-c4ccncn4)n3C)c2)cs1. The topological polar surface area (TPSA) is 111 Å². The summed E-state index contributed by atoms with van der Waals surface area (Å²) in [6.45, 7) is 2.81. The summed E-state index contributed by atoms with van der Waals surface area (Å²) in [5.41, 5.74) is 2.97. The molecule has 1 aromatic carbocycles. The predicted molar refractivity (Wildman–Crippen MR) is 114 cm³/mol. The van der Waals surface area contributed by atoms with Crippen LogP contribution in [0.15, 0.2) is 48.2 Å². The Bertz CT molecular complexity index is 1150. The summed E-state index contributed by atoms with van der Waals surface area (Å²) in [7, 11) is 1.89. The third-order valence-corrected chi connectivity index (χ3v) is 5.27. The van der Waals surface area contributed by atoms with Crippen molar-refractivity contribution in [3.63, 3.8) is 0 Å². The fourth-order valence-corrected chi connectivity index (χ4v) is 3.49. The van der Waals surface area contributed by atoms with Gasteiger partial charge in [-0.05, 0) is 31.2 Å². The Morgan fingerprint density at radius 2 is 2.10 bits per heavy atom. The highest BCUT2D eigenvalue weighted by Crippen LogP contribution is 2.16. The number of benzene rings is 1. The van der Waals surface area contributed by atoms with Gasteiger partial charge in [-0.2, -0.15) is 0 Å². The molecule has 0 fully saturated rings. The highest BCUT2D eigenvalue weighted by molar-refractivity contribution is 7.09. The fraction of sp³-hybridized carbons (Fsp3) is 0.200. The first kappa shape index (κ1) is 19.6. The molecular weight excluding hydrogens is 400 g/mol. The minimum atomic E-state index is -0.144. The molecule has 2 N–H and O–H groups in total. The van der Waals surface area contributed by atoms with E-state index in [2.05, 4.69) is 35.8 Å². The molecule has 0 aliphatic heterocycles. The van der Waals surface area contributed by atoms with Crippen LogP contribution >= 0.6 is 11.3 Å². The molecule has 0 aliphatic carbocycles. The van der Waals surface area contributed by atoms with Crippen molar-refractivity contribution in [3.05, 3.63) is 70.3 Å². The van der Waals surface area contributed by atoms with Gasteiger partial charge in [0.1, 0.15) is 12.0 Å². The Labute approximate surface area is 177 Å². The van der Waals surface area contributed by atoms with Crippen LogP contribution in [0.5, 0.6) is 0 Å². The van der Waals surface area contributed by atoms with Crippen molar-refractivity contribution >= 4 is 22.9 Å². The minimum Gasteiger partial charge on any atom is -0.378 e. The Morgan fingerprint density at radius 1 is 1.20 bits per heavy atom. The van der Waals surface area contributed by atoms with Crippen LogP contribution in [0.25, 0.3) is 11.5 Å². The van der Waals surface area contributed by atoms with E-state index >= 15 is 0 Å². The van der Waals surface area contributed by atoms with Gasteiger partial charge in [-0.25, -0.2) is 15.0 Å². The molecule has 30 heavy (non-hydrogen) atoms. The minimum absolute atomic E-state index is 0.144. The number of hydrogen-bond acceptors (Lipinski definition) is 8. The molecule has 0 saturated carbocycles. The highest BCUT2D eigenvalue weighted by Gasteiger charge is 2.12. The van der Waals surface area contributed by atoms with Crippen molar-refractivity contribution in [2.24, 2.45) is 7.05 Å². The normalized spacial score (nSPS) is 10.7. The van der Waals surface area contributed by atoms with E-state index in [0.717, 1.165) is 22.2 Å². The molecule has 152 valence electrons. The Kier molecular flexibility index (Phi) is 5.75. The molecule has 0 atom stereocenters. The number of carbonyl (C=O) groups excluding carboxylic acids is 1. The number of carbonyl (C=O) groups is 1. The molecule has 0 radical (unpaired) electrons. The number of thiazole rings is 1. The summed E-state index contributed by atoms with van der Waals surface area (Å²) >= 11 is 1.57. The lowest BCUT2D eigenvalue weighted by atomic mass is 10.2. The highest BCUT2D eigenvalue weighted by atomic mass is 32.1. The number of amides is 1. The van der Waals surface area contributed by atoms with Gasteiger partial charge in [-0.1, -0.05) is 6.07 Å². The van der Waals surface area contributed by atoms with E-state index in [9.17, 15) is 4.79 Å². The van der Waals surface area contributed by atoms with Crippen LogP contribution in [0, 0.1) is 6.92 Å². The van der Waals surface area contributed by atoms with E-state index < -0.39 is 0 Å².